The Morgan fingerprint density at radius 2 is 0.800 bits per heavy atom. The molecule has 2 heterocycles. The third-order valence-corrected chi connectivity index (χ3v) is 12.7. The van der Waals surface area contributed by atoms with Crippen molar-refractivity contribution in [1.29, 1.82) is 0 Å². The standard InChI is InChI=1S/C56H31F15N4/c57-52(58,59)36-21-34(22-37(27-36)53(60,61)62)32-15-18-42-43-19-16-33(35-23-38(54(63,64)65)28-39(24-35)55(66,67)68)26-48(43)75(47(42)25-32)40-17-20-44(45(29-40)41-13-7-8-14-46(41)56(69,70)71)51-73-49(30-9-3-1-4-10-30)72-50(74-51)31-11-5-2-6-12-31/h1-21,23,25-29H,22,24H2. The summed E-state index contributed by atoms with van der Waals surface area (Å²) in [7, 11) is 0. The van der Waals surface area contributed by atoms with Gasteiger partial charge in [0.2, 0.25) is 0 Å². The number of halogens is 15. The third-order valence-electron chi connectivity index (χ3n) is 12.7. The Morgan fingerprint density at radius 1 is 0.360 bits per heavy atom. The van der Waals surface area contributed by atoms with Crippen molar-refractivity contribution in [2.24, 2.45) is 0 Å². The van der Waals surface area contributed by atoms with Gasteiger partial charge >= 0.3 is 30.9 Å². The van der Waals surface area contributed by atoms with Crippen LogP contribution in [0, 0.1) is 0 Å². The highest BCUT2D eigenvalue weighted by Crippen LogP contribution is 2.45. The Bertz CT molecular complexity index is 3660. The molecule has 4 nitrogen and oxygen atoms in total. The molecule has 8 aromatic rings. The van der Waals surface area contributed by atoms with E-state index in [1.807, 2.05) is 0 Å². The van der Waals surface area contributed by atoms with Gasteiger partial charge in [0, 0.05) is 57.1 Å². The number of rotatable bonds is 5. The lowest BCUT2D eigenvalue weighted by Crippen LogP contribution is -2.21. The van der Waals surface area contributed by atoms with Crippen LogP contribution in [0.15, 0.2) is 186 Å². The van der Waals surface area contributed by atoms with E-state index in [-0.39, 0.29) is 78.7 Å². The summed E-state index contributed by atoms with van der Waals surface area (Å²) in [6.45, 7) is 0. The fourth-order valence-electron chi connectivity index (χ4n) is 9.19. The van der Waals surface area contributed by atoms with Crippen LogP contribution in [0.5, 0.6) is 0 Å². The van der Waals surface area contributed by atoms with Crippen LogP contribution in [0.1, 0.15) is 18.4 Å². The van der Waals surface area contributed by atoms with Crippen LogP contribution in [0.3, 0.4) is 0 Å². The maximum absolute atomic E-state index is 15.1. The van der Waals surface area contributed by atoms with Crippen molar-refractivity contribution in [2.75, 3.05) is 0 Å². The molecule has 0 amide bonds. The van der Waals surface area contributed by atoms with E-state index in [9.17, 15) is 52.7 Å². The second-order valence-electron chi connectivity index (χ2n) is 17.5. The Labute approximate surface area is 414 Å². The predicted octanol–water partition coefficient (Wildman–Crippen LogP) is 15.7. The number of hydrogen-bond donors (Lipinski definition) is 0. The molecule has 0 N–H and O–H groups in total. The molecule has 2 aliphatic carbocycles. The summed E-state index contributed by atoms with van der Waals surface area (Å²) < 4.78 is 217. The van der Waals surface area contributed by atoms with Gasteiger partial charge in [-0.2, -0.15) is 65.9 Å². The maximum atomic E-state index is 15.1. The van der Waals surface area contributed by atoms with Crippen molar-refractivity contribution in [3.8, 4) is 51.0 Å². The van der Waals surface area contributed by atoms with Gasteiger partial charge in [0.05, 0.1) is 27.7 Å². The van der Waals surface area contributed by atoms with E-state index < -0.39 is 88.3 Å². The minimum Gasteiger partial charge on any atom is -0.309 e. The predicted molar refractivity (Wildman–Crippen MR) is 253 cm³/mol. The molecule has 0 spiro atoms. The van der Waals surface area contributed by atoms with Gasteiger partial charge in [0.1, 0.15) is 0 Å². The van der Waals surface area contributed by atoms with Crippen LogP contribution in [0.2, 0.25) is 0 Å². The van der Waals surface area contributed by atoms with E-state index in [4.69, 9.17) is 9.97 Å². The number of benzene rings is 6. The minimum atomic E-state index is -5.22. The molecule has 0 fully saturated rings. The lowest BCUT2D eigenvalue weighted by atomic mass is 9.92. The van der Waals surface area contributed by atoms with Crippen LogP contribution in [0.25, 0.3) is 83.9 Å². The summed E-state index contributed by atoms with van der Waals surface area (Å²) in [6, 6.07) is 33.7. The van der Waals surface area contributed by atoms with Crippen LogP contribution < -0.4 is 10.4 Å². The highest BCUT2D eigenvalue weighted by atomic mass is 19.4. The summed E-state index contributed by atoms with van der Waals surface area (Å²) in [5.41, 5.74) is -7.58. The van der Waals surface area contributed by atoms with Gasteiger partial charge < -0.3 is 4.57 Å². The van der Waals surface area contributed by atoms with Gasteiger partial charge in [-0.3, -0.25) is 0 Å². The first-order valence-corrected chi connectivity index (χ1v) is 22.4. The van der Waals surface area contributed by atoms with E-state index in [0.717, 1.165) is 12.1 Å². The van der Waals surface area contributed by atoms with Crippen LogP contribution >= 0.6 is 0 Å². The molecular formula is C56H31F15N4. The lowest BCUT2D eigenvalue weighted by Gasteiger charge is -2.20. The van der Waals surface area contributed by atoms with Gasteiger partial charge in [0.25, 0.3) is 0 Å². The first kappa shape index (κ1) is 50.3. The van der Waals surface area contributed by atoms with Crippen molar-refractivity contribution < 1.29 is 65.9 Å². The topological polar surface area (TPSA) is 43.6 Å². The SMILES string of the molecule is FC(F)(F)C1=CC(=c2ccc3c4ccc(=C5C=C(C(F)(F)F)C=C(C(F)(F)F)C5)cc4n(-c4ccc(-c5nc(-c6ccccc6)nc(-c6ccccc6)n5)c(-c5ccccc5C(F)(F)F)c4)c3c2)CC(C(F)(F)F)=C1. The lowest BCUT2D eigenvalue weighted by molar-refractivity contribution is -0.137. The van der Waals surface area contributed by atoms with E-state index in [1.165, 1.54) is 71.3 Å². The average molecular weight is 1040 g/mol. The number of hydrogen-bond acceptors (Lipinski definition) is 3. The molecule has 75 heavy (non-hydrogen) atoms. The Hall–Kier alpha value is -8.22. The monoisotopic (exact) mass is 1040 g/mol. The van der Waals surface area contributed by atoms with Crippen molar-refractivity contribution in [2.45, 2.75) is 43.7 Å². The Kier molecular flexibility index (Phi) is 12.3. The quantitative estimate of drug-likeness (QED) is 0.161. The number of aromatic nitrogens is 4. The molecule has 2 aliphatic rings. The Balaban J connectivity index is 1.31. The maximum Gasteiger partial charge on any atom is 0.417 e. The van der Waals surface area contributed by atoms with Crippen molar-refractivity contribution in [3.63, 3.8) is 0 Å². The fourth-order valence-corrected chi connectivity index (χ4v) is 9.19. The zero-order valence-electron chi connectivity index (χ0n) is 38.0. The molecule has 2 aromatic heterocycles. The molecule has 19 heteroatoms. The zero-order valence-corrected chi connectivity index (χ0v) is 38.0. The fraction of sp³-hybridized carbons (Fsp3) is 0.125. The molecule has 0 saturated carbocycles. The molecule has 0 unspecified atom stereocenters. The summed E-state index contributed by atoms with van der Waals surface area (Å²) in [4.78, 5) is 14.1. The molecular weight excluding hydrogens is 1010 g/mol. The van der Waals surface area contributed by atoms with Crippen molar-refractivity contribution in [1.82, 2.24) is 19.5 Å². The van der Waals surface area contributed by atoms with Gasteiger partial charge in [-0.15, -0.1) is 0 Å². The van der Waals surface area contributed by atoms with Gasteiger partial charge in [0.15, 0.2) is 17.5 Å². The summed E-state index contributed by atoms with van der Waals surface area (Å²) >= 11 is 0. The normalized spacial score (nSPS) is 16.5. The van der Waals surface area contributed by atoms with E-state index in [0.29, 0.717) is 23.3 Å². The van der Waals surface area contributed by atoms with Crippen LogP contribution in [-0.2, 0) is 6.18 Å². The summed E-state index contributed by atoms with van der Waals surface area (Å²) in [5.74, 6) is 0.176. The first-order chi connectivity index (χ1) is 35.3. The number of allylic oxidation sites excluding steroid dienone is 8. The van der Waals surface area contributed by atoms with Crippen LogP contribution in [0.4, 0.5) is 65.9 Å². The molecule has 0 aliphatic heterocycles. The summed E-state index contributed by atoms with van der Waals surface area (Å²) in [5, 5.41) is 0.208. The van der Waals surface area contributed by atoms with Gasteiger partial charge in [-0.25, -0.2) is 15.0 Å². The average Bonchev–Trinajstić information content (AvgIpc) is 3.71. The zero-order chi connectivity index (χ0) is 53.4. The number of nitrogens with zero attached hydrogens (tertiary/aromatic N) is 4. The van der Waals surface area contributed by atoms with Crippen molar-refractivity contribution >= 4 is 33.0 Å². The second kappa shape index (κ2) is 18.3. The smallest absolute Gasteiger partial charge is 0.309 e. The van der Waals surface area contributed by atoms with Crippen LogP contribution in [-0.4, -0.2) is 44.2 Å². The third kappa shape index (κ3) is 9.98. The minimum absolute atomic E-state index is 0.00150. The molecule has 6 aromatic carbocycles. The van der Waals surface area contributed by atoms with E-state index >= 15 is 13.2 Å². The Morgan fingerprint density at radius 3 is 1.24 bits per heavy atom. The van der Waals surface area contributed by atoms with E-state index in [2.05, 4.69) is 4.98 Å². The molecule has 0 radical (unpaired) electrons. The first-order valence-electron chi connectivity index (χ1n) is 22.4. The molecule has 0 bridgehead atoms. The van der Waals surface area contributed by atoms with Gasteiger partial charge in [-0.05, 0) is 93.4 Å². The number of alkyl halides is 15. The largest absolute Gasteiger partial charge is 0.417 e. The van der Waals surface area contributed by atoms with Crippen molar-refractivity contribution in [3.05, 3.63) is 202 Å². The summed E-state index contributed by atoms with van der Waals surface area (Å²) in [6.07, 6.45) is -26.7. The number of fused-ring (bicyclic) bond motifs is 3. The molecule has 0 atom stereocenters. The molecule has 380 valence electrons. The molecule has 10 rings (SSSR count). The highest BCUT2D eigenvalue weighted by Gasteiger charge is 2.42. The second-order valence-corrected chi connectivity index (χ2v) is 17.5. The van der Waals surface area contributed by atoms with Gasteiger partial charge in [-0.1, -0.05) is 103 Å². The highest BCUT2D eigenvalue weighted by molar-refractivity contribution is 6.09. The molecule has 0 saturated heterocycles. The van der Waals surface area contributed by atoms with E-state index in [1.54, 1.807) is 60.7 Å².